The van der Waals surface area contributed by atoms with Crippen molar-refractivity contribution in [3.63, 3.8) is 0 Å². The first-order chi connectivity index (χ1) is 9.34. The van der Waals surface area contributed by atoms with Crippen LogP contribution in [0.3, 0.4) is 0 Å². The fourth-order valence-electron chi connectivity index (χ4n) is 2.04. The second-order valence-electron chi connectivity index (χ2n) is 4.98. The Morgan fingerprint density at radius 3 is 2.10 bits per heavy atom. The van der Waals surface area contributed by atoms with Crippen molar-refractivity contribution in [2.24, 2.45) is 29.0 Å². The first kappa shape index (κ1) is 18.4. The molecule has 1 unspecified atom stereocenters. The maximum Gasteiger partial charge on any atom is 0.240 e. The first-order valence-electron chi connectivity index (χ1n) is 6.94. The van der Waals surface area contributed by atoms with Gasteiger partial charge < -0.3 is 22.5 Å². The van der Waals surface area contributed by atoms with E-state index in [1.807, 2.05) is 6.92 Å². The molecule has 0 aromatic carbocycles. The topological polar surface area (TPSA) is 141 Å². The van der Waals surface area contributed by atoms with Crippen molar-refractivity contribution < 1.29 is 14.4 Å². The maximum absolute atomic E-state index is 12.1. The number of hydrogen-bond acceptors (Lipinski definition) is 4. The fraction of sp³-hybridized carbons (Fsp3) is 0.769. The Kier molecular flexibility index (Phi) is 8.54. The SMILES string of the molecule is CCCC(C(N)=O)[C@@H](C)C(=O)N[C@H](CCCN)C(N)=O. The molecule has 7 heteroatoms. The fourth-order valence-corrected chi connectivity index (χ4v) is 2.04. The predicted molar refractivity (Wildman–Crippen MR) is 76.2 cm³/mol. The molecule has 0 aromatic heterocycles. The van der Waals surface area contributed by atoms with Crippen LogP contribution in [0, 0.1) is 11.8 Å². The van der Waals surface area contributed by atoms with Crippen LogP contribution in [-0.2, 0) is 14.4 Å². The summed E-state index contributed by atoms with van der Waals surface area (Å²) in [6.45, 7) is 3.95. The lowest BCUT2D eigenvalue weighted by Gasteiger charge is -2.23. The number of nitrogens with two attached hydrogens (primary N) is 3. The van der Waals surface area contributed by atoms with Gasteiger partial charge in [0, 0.05) is 11.8 Å². The molecular weight excluding hydrogens is 260 g/mol. The third-order valence-corrected chi connectivity index (χ3v) is 3.34. The van der Waals surface area contributed by atoms with Gasteiger partial charge in [0.15, 0.2) is 0 Å². The monoisotopic (exact) mass is 286 g/mol. The van der Waals surface area contributed by atoms with E-state index in [4.69, 9.17) is 17.2 Å². The molecule has 0 spiro atoms. The van der Waals surface area contributed by atoms with E-state index in [1.165, 1.54) is 0 Å². The van der Waals surface area contributed by atoms with Crippen molar-refractivity contribution in [2.75, 3.05) is 6.54 Å². The molecule has 0 bridgehead atoms. The largest absolute Gasteiger partial charge is 0.369 e. The second kappa shape index (κ2) is 9.30. The van der Waals surface area contributed by atoms with Gasteiger partial charge in [-0.1, -0.05) is 20.3 Å². The number of carbonyl (C=O) groups is 3. The van der Waals surface area contributed by atoms with Crippen molar-refractivity contribution in [1.29, 1.82) is 0 Å². The van der Waals surface area contributed by atoms with Gasteiger partial charge in [-0.3, -0.25) is 14.4 Å². The van der Waals surface area contributed by atoms with E-state index < -0.39 is 29.7 Å². The normalized spacial score (nSPS) is 15.2. The summed E-state index contributed by atoms with van der Waals surface area (Å²) in [6.07, 6.45) is 2.25. The highest BCUT2D eigenvalue weighted by molar-refractivity contribution is 5.90. The van der Waals surface area contributed by atoms with Gasteiger partial charge in [-0.15, -0.1) is 0 Å². The van der Waals surface area contributed by atoms with E-state index in [2.05, 4.69) is 5.32 Å². The lowest BCUT2D eigenvalue weighted by Crippen LogP contribution is -2.48. The van der Waals surface area contributed by atoms with E-state index in [0.717, 1.165) is 6.42 Å². The smallest absolute Gasteiger partial charge is 0.240 e. The predicted octanol–water partition coefficient (Wildman–Crippen LogP) is -0.767. The summed E-state index contributed by atoms with van der Waals surface area (Å²) in [4.78, 5) is 34.7. The Bertz CT molecular complexity index is 347. The Morgan fingerprint density at radius 2 is 1.70 bits per heavy atom. The summed E-state index contributed by atoms with van der Waals surface area (Å²) >= 11 is 0. The average molecular weight is 286 g/mol. The summed E-state index contributed by atoms with van der Waals surface area (Å²) in [6, 6.07) is -0.761. The molecule has 0 aliphatic rings. The highest BCUT2D eigenvalue weighted by Crippen LogP contribution is 2.18. The molecule has 3 amide bonds. The van der Waals surface area contributed by atoms with Crippen molar-refractivity contribution in [2.45, 2.75) is 45.6 Å². The zero-order valence-electron chi connectivity index (χ0n) is 12.2. The molecule has 20 heavy (non-hydrogen) atoms. The van der Waals surface area contributed by atoms with E-state index >= 15 is 0 Å². The van der Waals surface area contributed by atoms with Crippen LogP contribution in [0.1, 0.15) is 39.5 Å². The quantitative estimate of drug-likeness (QED) is 0.418. The van der Waals surface area contributed by atoms with Crippen molar-refractivity contribution >= 4 is 17.7 Å². The third-order valence-electron chi connectivity index (χ3n) is 3.34. The molecule has 0 heterocycles. The Labute approximate surface area is 119 Å². The van der Waals surface area contributed by atoms with Crippen molar-refractivity contribution in [3.05, 3.63) is 0 Å². The zero-order valence-corrected chi connectivity index (χ0v) is 12.2. The molecule has 116 valence electrons. The van der Waals surface area contributed by atoms with E-state index in [1.54, 1.807) is 6.92 Å². The first-order valence-corrected chi connectivity index (χ1v) is 6.94. The summed E-state index contributed by atoms with van der Waals surface area (Å²) in [5.41, 5.74) is 15.9. The number of nitrogens with one attached hydrogen (secondary N) is 1. The van der Waals surface area contributed by atoms with Gasteiger partial charge in [0.05, 0.1) is 0 Å². The van der Waals surface area contributed by atoms with Crippen LogP contribution >= 0.6 is 0 Å². The van der Waals surface area contributed by atoms with E-state index in [-0.39, 0.29) is 5.91 Å². The second-order valence-corrected chi connectivity index (χ2v) is 4.98. The van der Waals surface area contributed by atoms with Crippen LogP contribution in [0.5, 0.6) is 0 Å². The summed E-state index contributed by atoms with van der Waals surface area (Å²) in [5.74, 6) is -2.63. The maximum atomic E-state index is 12.1. The van der Waals surface area contributed by atoms with Crippen molar-refractivity contribution in [3.8, 4) is 0 Å². The van der Waals surface area contributed by atoms with E-state index in [9.17, 15) is 14.4 Å². The third kappa shape index (κ3) is 6.01. The molecule has 3 atom stereocenters. The van der Waals surface area contributed by atoms with Crippen LogP contribution < -0.4 is 22.5 Å². The minimum Gasteiger partial charge on any atom is -0.369 e. The number of amides is 3. The van der Waals surface area contributed by atoms with Gasteiger partial charge in [-0.25, -0.2) is 0 Å². The summed E-state index contributed by atoms with van der Waals surface area (Å²) in [7, 11) is 0. The van der Waals surface area contributed by atoms with E-state index in [0.29, 0.717) is 25.8 Å². The number of rotatable bonds is 10. The molecule has 0 rings (SSSR count). The van der Waals surface area contributed by atoms with Crippen LogP contribution in [-0.4, -0.2) is 30.3 Å². The Balaban J connectivity index is 4.68. The van der Waals surface area contributed by atoms with Crippen LogP contribution in [0.2, 0.25) is 0 Å². The number of carbonyl (C=O) groups excluding carboxylic acids is 3. The standard InChI is InChI=1S/C13H26N4O3/c1-3-5-9(11(15)18)8(2)13(20)17-10(12(16)19)6-4-7-14/h8-10H,3-7,14H2,1-2H3,(H2,15,18)(H2,16,19)(H,17,20)/t8-,9?,10-/m1/s1. The van der Waals surface area contributed by atoms with Gasteiger partial charge >= 0.3 is 0 Å². The molecule has 0 aromatic rings. The van der Waals surface area contributed by atoms with Gasteiger partial charge in [0.25, 0.3) is 0 Å². The molecule has 7 nitrogen and oxygen atoms in total. The highest BCUT2D eigenvalue weighted by atomic mass is 16.2. The van der Waals surface area contributed by atoms with Crippen LogP contribution in [0.15, 0.2) is 0 Å². The van der Waals surface area contributed by atoms with Crippen molar-refractivity contribution in [1.82, 2.24) is 5.32 Å². The molecule has 0 saturated heterocycles. The number of primary amides is 2. The summed E-state index contributed by atoms with van der Waals surface area (Å²) < 4.78 is 0. The molecule has 0 saturated carbocycles. The lowest BCUT2D eigenvalue weighted by atomic mass is 9.88. The molecule has 0 radical (unpaired) electrons. The lowest BCUT2D eigenvalue weighted by molar-refractivity contribution is -0.134. The van der Waals surface area contributed by atoms with Gasteiger partial charge in [0.1, 0.15) is 6.04 Å². The van der Waals surface area contributed by atoms with Gasteiger partial charge in [-0.05, 0) is 25.8 Å². The Morgan fingerprint density at radius 1 is 1.10 bits per heavy atom. The molecule has 7 N–H and O–H groups in total. The van der Waals surface area contributed by atoms with Crippen LogP contribution in [0.4, 0.5) is 0 Å². The highest BCUT2D eigenvalue weighted by Gasteiger charge is 2.29. The minimum absolute atomic E-state index is 0.386. The average Bonchev–Trinajstić information content (AvgIpc) is 2.38. The van der Waals surface area contributed by atoms with Gasteiger partial charge in [0.2, 0.25) is 17.7 Å². The molecule has 0 aliphatic heterocycles. The molecule has 0 aliphatic carbocycles. The number of hydrogen-bond donors (Lipinski definition) is 4. The Hall–Kier alpha value is -1.63. The van der Waals surface area contributed by atoms with Crippen LogP contribution in [0.25, 0.3) is 0 Å². The zero-order chi connectivity index (χ0) is 15.7. The molecular formula is C13H26N4O3. The molecule has 0 fully saturated rings. The van der Waals surface area contributed by atoms with Gasteiger partial charge in [-0.2, -0.15) is 0 Å². The minimum atomic E-state index is -0.761. The summed E-state index contributed by atoms with van der Waals surface area (Å²) in [5, 5.41) is 2.57.